The van der Waals surface area contributed by atoms with E-state index in [0.717, 1.165) is 66.5 Å². The molecule has 0 aliphatic rings. The molecular weight excluding hydrogens is 585 g/mol. The first-order valence-electron chi connectivity index (χ1n) is 15.9. The number of aromatic nitrogens is 2. The minimum atomic E-state index is 0.613. The van der Waals surface area contributed by atoms with Gasteiger partial charge in [-0.05, 0) is 77.4 Å². The maximum atomic E-state index is 10.5. The standard InChI is InChI=1S/C44H26N4/c45-27-29-20-23-44-39(24-29)38-15-4-6-17-41(38)47(44)33-11-9-10-30(26-33)34-22-21-31(25-32(34)28-46)35-12-1-5-16-40(35)48-42-18-7-2-13-36(42)37-14-3-8-19-43(37)48/h1-26H. The van der Waals surface area contributed by atoms with Crippen LogP contribution in [0, 0.1) is 22.7 Å². The monoisotopic (exact) mass is 610 g/mol. The van der Waals surface area contributed by atoms with Crippen LogP contribution in [0.2, 0.25) is 0 Å². The van der Waals surface area contributed by atoms with Gasteiger partial charge >= 0.3 is 0 Å². The normalized spacial score (nSPS) is 11.3. The van der Waals surface area contributed by atoms with Gasteiger partial charge in [0.15, 0.2) is 0 Å². The number of nitrogens with zero attached hydrogens (tertiary/aromatic N) is 4. The zero-order valence-electron chi connectivity index (χ0n) is 25.8. The van der Waals surface area contributed by atoms with Crippen LogP contribution >= 0.6 is 0 Å². The first-order chi connectivity index (χ1) is 23.7. The van der Waals surface area contributed by atoms with Gasteiger partial charge in [0.05, 0.1) is 51.0 Å². The number of rotatable bonds is 4. The van der Waals surface area contributed by atoms with Crippen molar-refractivity contribution in [1.82, 2.24) is 9.13 Å². The fraction of sp³-hybridized carbons (Fsp3) is 0. The number of fused-ring (bicyclic) bond motifs is 6. The van der Waals surface area contributed by atoms with E-state index in [0.29, 0.717) is 11.1 Å². The summed E-state index contributed by atoms with van der Waals surface area (Å²) in [5.74, 6) is 0. The SMILES string of the molecule is N#Cc1ccc2c(c1)c1ccccc1n2-c1cccc(-c2ccc(-c3ccccc3-n3c4ccccc4c4ccccc43)cc2C#N)c1. The maximum Gasteiger partial charge on any atom is 0.0998 e. The third kappa shape index (κ3) is 4.14. The van der Waals surface area contributed by atoms with Crippen molar-refractivity contribution in [3.63, 3.8) is 0 Å². The number of hydrogen-bond donors (Lipinski definition) is 0. The second kappa shape index (κ2) is 10.9. The van der Waals surface area contributed by atoms with Crippen molar-refractivity contribution >= 4 is 43.6 Å². The molecule has 2 aromatic heterocycles. The number of benzene rings is 7. The summed E-state index contributed by atoms with van der Waals surface area (Å²) in [5, 5.41) is 24.6. The molecule has 0 saturated heterocycles. The molecule has 9 rings (SSSR count). The molecule has 0 saturated carbocycles. The lowest BCUT2D eigenvalue weighted by Gasteiger charge is -2.15. The molecule has 222 valence electrons. The molecule has 4 heteroatoms. The fourth-order valence-electron chi connectivity index (χ4n) is 7.28. The van der Waals surface area contributed by atoms with Crippen molar-refractivity contribution in [1.29, 1.82) is 10.5 Å². The smallest absolute Gasteiger partial charge is 0.0998 e. The van der Waals surface area contributed by atoms with Crippen molar-refractivity contribution in [2.24, 2.45) is 0 Å². The Hall–Kier alpha value is -6.88. The van der Waals surface area contributed by atoms with Crippen molar-refractivity contribution in [3.05, 3.63) is 169 Å². The molecule has 0 aliphatic carbocycles. The molecule has 0 N–H and O–H groups in total. The number of hydrogen-bond acceptors (Lipinski definition) is 2. The van der Waals surface area contributed by atoms with E-state index in [1.165, 1.54) is 10.8 Å². The highest BCUT2D eigenvalue weighted by molar-refractivity contribution is 6.10. The number of para-hydroxylation sites is 4. The summed E-state index contributed by atoms with van der Waals surface area (Å²) in [6.07, 6.45) is 0. The van der Waals surface area contributed by atoms with E-state index in [-0.39, 0.29) is 0 Å². The Morgan fingerprint density at radius 3 is 1.71 bits per heavy atom. The zero-order chi connectivity index (χ0) is 32.2. The molecule has 0 unspecified atom stereocenters. The highest BCUT2D eigenvalue weighted by Gasteiger charge is 2.17. The fourth-order valence-corrected chi connectivity index (χ4v) is 7.28. The summed E-state index contributed by atoms with van der Waals surface area (Å²) in [5.41, 5.74) is 11.6. The Morgan fingerprint density at radius 1 is 0.396 bits per heavy atom. The van der Waals surface area contributed by atoms with Gasteiger partial charge in [0.25, 0.3) is 0 Å². The van der Waals surface area contributed by atoms with Crippen LogP contribution in [-0.2, 0) is 0 Å². The molecule has 0 fully saturated rings. The Bertz CT molecular complexity index is 2760. The van der Waals surface area contributed by atoms with E-state index in [4.69, 9.17) is 0 Å². The molecule has 9 aromatic rings. The minimum Gasteiger partial charge on any atom is -0.309 e. The molecule has 4 nitrogen and oxygen atoms in total. The highest BCUT2D eigenvalue weighted by atomic mass is 15.0. The lowest BCUT2D eigenvalue weighted by molar-refractivity contribution is 1.18. The lowest BCUT2D eigenvalue weighted by atomic mass is 9.94. The molecular formula is C44H26N4. The summed E-state index contributed by atoms with van der Waals surface area (Å²) >= 11 is 0. The maximum absolute atomic E-state index is 10.5. The molecule has 48 heavy (non-hydrogen) atoms. The third-order valence-corrected chi connectivity index (χ3v) is 9.39. The molecule has 7 aromatic carbocycles. The van der Waals surface area contributed by atoms with Crippen LogP contribution in [-0.4, -0.2) is 9.13 Å². The van der Waals surface area contributed by atoms with Crippen molar-refractivity contribution in [2.45, 2.75) is 0 Å². The third-order valence-electron chi connectivity index (χ3n) is 9.39. The van der Waals surface area contributed by atoms with Gasteiger partial charge in [0, 0.05) is 32.8 Å². The van der Waals surface area contributed by atoms with Gasteiger partial charge in [-0.3, -0.25) is 0 Å². The molecule has 0 amide bonds. The molecule has 0 atom stereocenters. The van der Waals surface area contributed by atoms with Crippen LogP contribution in [0.15, 0.2) is 158 Å². The van der Waals surface area contributed by atoms with Gasteiger partial charge in [0.2, 0.25) is 0 Å². The molecule has 0 bridgehead atoms. The van der Waals surface area contributed by atoms with Gasteiger partial charge in [-0.2, -0.15) is 10.5 Å². The Kier molecular flexibility index (Phi) is 6.22. The van der Waals surface area contributed by atoms with Gasteiger partial charge in [0.1, 0.15) is 0 Å². The molecule has 2 heterocycles. The van der Waals surface area contributed by atoms with Gasteiger partial charge in [-0.1, -0.05) is 97.1 Å². The molecule has 0 radical (unpaired) electrons. The van der Waals surface area contributed by atoms with Gasteiger partial charge in [-0.15, -0.1) is 0 Å². The quantitative estimate of drug-likeness (QED) is 0.199. The van der Waals surface area contributed by atoms with E-state index >= 15 is 0 Å². The topological polar surface area (TPSA) is 57.4 Å². The van der Waals surface area contributed by atoms with Crippen LogP contribution in [0.5, 0.6) is 0 Å². The summed E-state index contributed by atoms with van der Waals surface area (Å²) in [4.78, 5) is 0. The van der Waals surface area contributed by atoms with Crippen molar-refractivity contribution in [3.8, 4) is 45.8 Å². The predicted molar refractivity (Wildman–Crippen MR) is 195 cm³/mol. The first-order valence-corrected chi connectivity index (χ1v) is 15.9. The summed E-state index contributed by atoms with van der Waals surface area (Å²) < 4.78 is 4.56. The van der Waals surface area contributed by atoms with E-state index in [9.17, 15) is 10.5 Å². The van der Waals surface area contributed by atoms with Crippen molar-refractivity contribution in [2.75, 3.05) is 0 Å². The summed E-state index contributed by atoms with van der Waals surface area (Å²) in [6.45, 7) is 0. The van der Waals surface area contributed by atoms with Gasteiger partial charge in [-0.25, -0.2) is 0 Å². The molecule has 0 spiro atoms. The first kappa shape index (κ1) is 27.4. The summed E-state index contributed by atoms with van der Waals surface area (Å²) in [7, 11) is 0. The van der Waals surface area contributed by atoms with Crippen LogP contribution < -0.4 is 0 Å². The second-order valence-electron chi connectivity index (χ2n) is 12.0. The second-order valence-corrected chi connectivity index (χ2v) is 12.0. The average Bonchev–Trinajstić information content (AvgIpc) is 3.67. The number of nitriles is 2. The van der Waals surface area contributed by atoms with Crippen LogP contribution in [0.1, 0.15) is 11.1 Å². The largest absolute Gasteiger partial charge is 0.309 e. The Morgan fingerprint density at radius 2 is 1.00 bits per heavy atom. The van der Waals surface area contributed by atoms with Crippen molar-refractivity contribution < 1.29 is 0 Å². The van der Waals surface area contributed by atoms with E-state index in [1.807, 2.05) is 42.5 Å². The van der Waals surface area contributed by atoms with E-state index in [1.54, 1.807) is 0 Å². The Balaban J connectivity index is 1.19. The Labute approximate surface area is 277 Å². The average molecular weight is 611 g/mol. The van der Waals surface area contributed by atoms with E-state index < -0.39 is 0 Å². The van der Waals surface area contributed by atoms with Crippen LogP contribution in [0.4, 0.5) is 0 Å². The molecule has 0 aliphatic heterocycles. The van der Waals surface area contributed by atoms with E-state index in [2.05, 4.69) is 137 Å². The van der Waals surface area contributed by atoms with Gasteiger partial charge < -0.3 is 9.13 Å². The summed E-state index contributed by atoms with van der Waals surface area (Å²) in [6, 6.07) is 58.9. The zero-order valence-corrected chi connectivity index (χ0v) is 25.8. The minimum absolute atomic E-state index is 0.613. The highest BCUT2D eigenvalue weighted by Crippen LogP contribution is 2.38. The predicted octanol–water partition coefficient (Wildman–Crippen LogP) is 11.0. The van der Waals surface area contributed by atoms with Crippen LogP contribution in [0.3, 0.4) is 0 Å². The lowest BCUT2D eigenvalue weighted by Crippen LogP contribution is -1.98. The van der Waals surface area contributed by atoms with Crippen LogP contribution in [0.25, 0.3) is 77.2 Å².